The molecule has 0 aromatic rings. The van der Waals surface area contributed by atoms with Crippen molar-refractivity contribution in [1.82, 2.24) is 0 Å². The van der Waals surface area contributed by atoms with Gasteiger partial charge in [-0.25, -0.2) is 0 Å². The Hall–Kier alpha value is 3.06. The van der Waals surface area contributed by atoms with Gasteiger partial charge in [0.15, 0.2) is 0 Å². The number of hydrogen-bond donors (Lipinski definition) is 0. The molecule has 0 N–H and O–H groups in total. The van der Waals surface area contributed by atoms with Crippen molar-refractivity contribution < 1.29 is 89.6 Å². The molecular formula is H2Cl6Th. The quantitative estimate of drug-likeness (QED) is 0.347. The molecule has 0 unspecified atom stereocenters. The maximum Gasteiger partial charge on any atom is 4.00 e. The topological polar surface area (TPSA) is 0 Å². The van der Waals surface area contributed by atoms with Gasteiger partial charge in [-0.05, 0) is 0 Å². The predicted octanol–water partition coefficient (Wildman–Crippen LogP) is -11.1. The van der Waals surface area contributed by atoms with Crippen molar-refractivity contribution in [2.75, 3.05) is 0 Å². The molecule has 0 aromatic heterocycles. The molecule has 0 amide bonds. The van der Waals surface area contributed by atoms with Crippen molar-refractivity contribution in [3.63, 3.8) is 0 Å². The second-order valence-corrected chi connectivity index (χ2v) is 0. The van der Waals surface area contributed by atoms with E-state index in [9.17, 15) is 0 Å². The first-order valence-corrected chi connectivity index (χ1v) is 0. The van der Waals surface area contributed by atoms with Crippen molar-refractivity contribution in [3.8, 4) is 0 Å². The van der Waals surface area contributed by atoms with E-state index in [0.29, 0.717) is 0 Å². The molecule has 7 heavy (non-hydrogen) atoms. The van der Waals surface area contributed by atoms with Gasteiger partial charge in [-0.1, -0.05) is 0 Å². The van der Waals surface area contributed by atoms with Crippen LogP contribution in [-0.2, 0) is 0 Å². The Bertz CT molecular complexity index is 4.14. The van der Waals surface area contributed by atoms with Crippen LogP contribution in [0.25, 0.3) is 0 Å². The zero-order valence-electron chi connectivity index (χ0n) is 2.83. The van der Waals surface area contributed by atoms with Crippen molar-refractivity contribution in [2.24, 2.45) is 0 Å². The fourth-order valence-corrected chi connectivity index (χ4v) is 0. The van der Waals surface area contributed by atoms with Gasteiger partial charge >= 0.3 is 39.9 Å². The number of halogens is 6. The van der Waals surface area contributed by atoms with Crippen molar-refractivity contribution in [3.05, 3.63) is 0 Å². The third-order valence-electron chi connectivity index (χ3n) is 0. The minimum Gasteiger partial charge on any atom is -1.00 e. The minimum absolute atomic E-state index is 0. The van der Waals surface area contributed by atoms with E-state index in [2.05, 4.69) is 0 Å². The summed E-state index contributed by atoms with van der Waals surface area (Å²) in [7, 11) is 0. The van der Waals surface area contributed by atoms with Crippen LogP contribution in [0.3, 0.4) is 0 Å². The van der Waals surface area contributed by atoms with E-state index in [-0.39, 0.29) is 114 Å². The first-order valence-electron chi connectivity index (χ1n) is 0. The second kappa shape index (κ2) is 62.8. The van der Waals surface area contributed by atoms with E-state index in [1.165, 1.54) is 0 Å². The van der Waals surface area contributed by atoms with Crippen LogP contribution in [0.2, 0.25) is 0 Å². The van der Waals surface area contributed by atoms with Gasteiger partial charge in [0.1, 0.15) is 0 Å². The molecule has 7 heteroatoms. The summed E-state index contributed by atoms with van der Waals surface area (Å²) < 4.78 is 0. The van der Waals surface area contributed by atoms with Crippen molar-refractivity contribution in [2.45, 2.75) is 0 Å². The summed E-state index contributed by atoms with van der Waals surface area (Å²) in [4.78, 5) is 0. The Morgan fingerprint density at radius 1 is 0.429 bits per heavy atom. The van der Waals surface area contributed by atoms with Crippen LogP contribution in [0.5, 0.6) is 0 Å². The van der Waals surface area contributed by atoms with Gasteiger partial charge in [-0.3, -0.25) is 0 Å². The van der Waals surface area contributed by atoms with Gasteiger partial charge in [0, 0.05) is 0 Å². The predicted molar refractivity (Wildman–Crippen MR) is 14.5 cm³/mol. The zero-order valence-corrected chi connectivity index (χ0v) is 11.6. The average molecular weight is 447 g/mol. The molecule has 48 valence electrons. The van der Waals surface area contributed by atoms with Crippen LogP contribution in [-0.4, -0.2) is 0 Å². The molecule has 0 aliphatic rings. The summed E-state index contributed by atoms with van der Waals surface area (Å²) in [6.07, 6.45) is 0. The van der Waals surface area contributed by atoms with E-state index < -0.39 is 0 Å². The molecule has 0 nitrogen and oxygen atoms in total. The first-order chi connectivity index (χ1) is 0. The van der Waals surface area contributed by atoms with E-state index in [1.807, 2.05) is 0 Å². The van der Waals surface area contributed by atoms with E-state index in [0.717, 1.165) is 0 Å². The third-order valence-corrected chi connectivity index (χ3v) is 0. The molecule has 0 aliphatic heterocycles. The van der Waals surface area contributed by atoms with Crippen LogP contribution in [0.4, 0.5) is 0 Å². The van der Waals surface area contributed by atoms with Crippen molar-refractivity contribution in [1.29, 1.82) is 0 Å². The summed E-state index contributed by atoms with van der Waals surface area (Å²) in [5.41, 5.74) is 0. The van der Waals surface area contributed by atoms with Crippen LogP contribution >= 0.6 is 24.8 Å². The molecule has 0 spiro atoms. The summed E-state index contributed by atoms with van der Waals surface area (Å²) >= 11 is 0. The molecule has 0 fully saturated rings. The Balaban J connectivity index is 0. The zero-order chi connectivity index (χ0) is 0. The molecule has 0 saturated carbocycles. The fraction of sp³-hybridized carbons (Fsp3) is 0. The maximum absolute atomic E-state index is 0. The Morgan fingerprint density at radius 2 is 0.429 bits per heavy atom. The molecule has 0 saturated heterocycles. The molecule has 0 rings (SSSR count). The molecule has 0 aromatic carbocycles. The van der Waals surface area contributed by atoms with Gasteiger partial charge in [-0.2, -0.15) is 0 Å². The third kappa shape index (κ3) is 48.2. The largest absolute Gasteiger partial charge is 4.00 e. The van der Waals surface area contributed by atoms with E-state index in [4.69, 9.17) is 0 Å². The normalized spacial score (nSPS) is 0. The summed E-state index contributed by atoms with van der Waals surface area (Å²) in [6.45, 7) is 0. The first kappa shape index (κ1) is 88.1. The van der Waals surface area contributed by atoms with Crippen LogP contribution in [0.1, 0.15) is 0 Å². The molecule has 0 atom stereocenters. The van der Waals surface area contributed by atoms with Crippen LogP contribution < -0.4 is 49.6 Å². The SMILES string of the molecule is Cl.Cl.[Cl-].[Cl-].[Cl-].[Cl-].[Th+4]. The second-order valence-electron chi connectivity index (χ2n) is 0. The van der Waals surface area contributed by atoms with Gasteiger partial charge in [-0.15, -0.1) is 24.8 Å². The molecular weight excluding hydrogens is 445 g/mol. The van der Waals surface area contributed by atoms with Gasteiger partial charge in [0.05, 0.1) is 0 Å². The summed E-state index contributed by atoms with van der Waals surface area (Å²) in [6, 6.07) is 0. The smallest absolute Gasteiger partial charge is 1.00 e. The van der Waals surface area contributed by atoms with Crippen LogP contribution in [0, 0.1) is 39.9 Å². The van der Waals surface area contributed by atoms with E-state index in [1.54, 1.807) is 0 Å². The minimum atomic E-state index is 0. The Kier molecular flexibility index (Phi) is 790. The van der Waals surface area contributed by atoms with E-state index >= 15 is 0 Å². The molecule has 0 bridgehead atoms. The Labute approximate surface area is 112 Å². The number of rotatable bonds is 0. The molecule has 0 heterocycles. The average Bonchev–Trinajstić information content (AvgIpc) is 0. The number of hydrogen-bond acceptors (Lipinski definition) is 0. The monoisotopic (exact) mass is 444 g/mol. The van der Waals surface area contributed by atoms with Gasteiger partial charge in [0.2, 0.25) is 0 Å². The summed E-state index contributed by atoms with van der Waals surface area (Å²) in [5.74, 6) is 0. The van der Waals surface area contributed by atoms with Gasteiger partial charge < -0.3 is 49.6 Å². The van der Waals surface area contributed by atoms with Gasteiger partial charge in [0.25, 0.3) is 0 Å². The molecule has 0 aliphatic carbocycles. The molecule has 0 radical (unpaired) electrons. The van der Waals surface area contributed by atoms with Crippen molar-refractivity contribution >= 4 is 24.8 Å². The fourth-order valence-electron chi connectivity index (χ4n) is 0. The standard InChI is InChI=1S/6ClH.Th/h6*1H;/q;;;;;;+4/p-4. The maximum atomic E-state index is 0. The summed E-state index contributed by atoms with van der Waals surface area (Å²) in [5, 5.41) is 0. The van der Waals surface area contributed by atoms with Crippen LogP contribution in [0.15, 0.2) is 0 Å². The Morgan fingerprint density at radius 3 is 0.429 bits per heavy atom.